The number of ether oxygens (including phenoxy) is 1. The third-order valence-electron chi connectivity index (χ3n) is 4.54. The maximum atomic E-state index is 14.5. The van der Waals surface area contributed by atoms with Crippen molar-refractivity contribution in [3.63, 3.8) is 0 Å². The molecule has 0 bridgehead atoms. The highest BCUT2D eigenvalue weighted by molar-refractivity contribution is 7.79. The summed E-state index contributed by atoms with van der Waals surface area (Å²) in [6.07, 6.45) is 1.04. The Balaban J connectivity index is 2.20. The minimum atomic E-state index is -3.07. The molecule has 0 aliphatic heterocycles. The molecule has 0 amide bonds. The van der Waals surface area contributed by atoms with Crippen LogP contribution in [0.5, 0.6) is 5.75 Å². The topological polar surface area (TPSA) is 43.4 Å². The lowest BCUT2D eigenvalue weighted by atomic mass is 10.1. The molecular weight excluding hydrogens is 343 g/mol. The van der Waals surface area contributed by atoms with Crippen molar-refractivity contribution in [3.8, 4) is 5.75 Å². The molecule has 3 aromatic carbocycles. The largest absolute Gasteiger partial charge is 0.497 e. The van der Waals surface area contributed by atoms with E-state index >= 15 is 0 Å². The van der Waals surface area contributed by atoms with E-state index in [2.05, 4.69) is 0 Å². The maximum Gasteiger partial charge on any atom is 0.150 e. The smallest absolute Gasteiger partial charge is 0.150 e. The first kappa shape index (κ1) is 18.2. The number of carbonyl (C=O) groups is 1. The van der Waals surface area contributed by atoms with Crippen LogP contribution in [-0.2, 0) is 9.36 Å². The van der Waals surface area contributed by atoms with Gasteiger partial charge in [-0.2, -0.15) is 0 Å². The summed E-state index contributed by atoms with van der Waals surface area (Å²) in [5, 5.41) is 1.52. The first-order chi connectivity index (χ1) is 12.7. The number of methoxy groups -OCH3 is 1. The van der Waals surface area contributed by atoms with Gasteiger partial charge in [0, 0.05) is 17.0 Å². The van der Waals surface area contributed by atoms with Gasteiger partial charge in [-0.15, -0.1) is 0 Å². The van der Waals surface area contributed by atoms with Gasteiger partial charge in [-0.25, -0.2) is 0 Å². The Morgan fingerprint density at radius 2 is 1.35 bits per heavy atom. The standard InChI is InChI=1S/C22H21O3P/c1-25-19-14-12-18(13-15-19)22(16-17-23)26(24,20-8-4-2-5-9-20)21-10-6-3-7-11-21/h2-15,17,22H,16H2,1H3/t22-/m0/s1. The van der Waals surface area contributed by atoms with Crippen LogP contribution >= 0.6 is 7.14 Å². The summed E-state index contributed by atoms with van der Waals surface area (Å²) in [4.78, 5) is 11.5. The third kappa shape index (κ3) is 3.49. The van der Waals surface area contributed by atoms with Gasteiger partial charge in [0.15, 0.2) is 7.14 Å². The normalized spacial score (nSPS) is 12.3. The lowest BCUT2D eigenvalue weighted by Gasteiger charge is -2.28. The molecule has 0 spiro atoms. The molecule has 0 heterocycles. The molecule has 0 radical (unpaired) electrons. The summed E-state index contributed by atoms with van der Waals surface area (Å²) in [6.45, 7) is 0. The van der Waals surface area contributed by atoms with Crippen LogP contribution in [0.2, 0.25) is 0 Å². The van der Waals surface area contributed by atoms with Crippen LogP contribution < -0.4 is 15.3 Å². The maximum absolute atomic E-state index is 14.5. The molecule has 0 fully saturated rings. The zero-order valence-corrected chi connectivity index (χ0v) is 15.5. The Morgan fingerprint density at radius 3 is 1.77 bits per heavy atom. The molecular formula is C22H21O3P. The fourth-order valence-electron chi connectivity index (χ4n) is 3.22. The first-order valence-electron chi connectivity index (χ1n) is 8.48. The van der Waals surface area contributed by atoms with Crippen molar-refractivity contribution < 1.29 is 14.1 Å². The average Bonchev–Trinajstić information content (AvgIpc) is 2.73. The van der Waals surface area contributed by atoms with Gasteiger partial charge in [0.05, 0.1) is 12.8 Å². The van der Waals surface area contributed by atoms with Crippen molar-refractivity contribution in [1.29, 1.82) is 0 Å². The van der Waals surface area contributed by atoms with E-state index in [4.69, 9.17) is 4.74 Å². The molecule has 0 saturated heterocycles. The van der Waals surface area contributed by atoms with E-state index in [1.165, 1.54) is 0 Å². The van der Waals surface area contributed by atoms with Crippen molar-refractivity contribution >= 4 is 24.0 Å². The molecule has 0 N–H and O–H groups in total. The molecule has 3 aromatic rings. The summed E-state index contributed by atoms with van der Waals surface area (Å²) in [5.41, 5.74) is 0.449. The molecule has 132 valence electrons. The molecule has 4 heteroatoms. The van der Waals surface area contributed by atoms with Crippen molar-refractivity contribution in [3.05, 3.63) is 90.5 Å². The van der Waals surface area contributed by atoms with E-state index in [9.17, 15) is 9.36 Å². The zero-order chi connectivity index (χ0) is 18.4. The van der Waals surface area contributed by atoms with E-state index in [-0.39, 0.29) is 6.42 Å². The highest BCUT2D eigenvalue weighted by Gasteiger charge is 2.37. The van der Waals surface area contributed by atoms with E-state index in [1.807, 2.05) is 84.9 Å². The van der Waals surface area contributed by atoms with Crippen LogP contribution in [-0.4, -0.2) is 13.4 Å². The number of aldehydes is 1. The van der Waals surface area contributed by atoms with Gasteiger partial charge in [-0.05, 0) is 17.7 Å². The monoisotopic (exact) mass is 364 g/mol. The van der Waals surface area contributed by atoms with Gasteiger partial charge in [0.2, 0.25) is 0 Å². The number of carbonyl (C=O) groups excluding carboxylic acids is 1. The summed E-state index contributed by atoms with van der Waals surface area (Å²) in [5.74, 6) is 0.729. The molecule has 1 atom stereocenters. The number of rotatable bonds is 7. The van der Waals surface area contributed by atoms with Crippen LogP contribution in [0.3, 0.4) is 0 Å². The Bertz CT molecular complexity index is 846. The van der Waals surface area contributed by atoms with Crippen molar-refractivity contribution in [2.24, 2.45) is 0 Å². The average molecular weight is 364 g/mol. The SMILES string of the molecule is COc1ccc([C@H](CC=O)P(=O)(c2ccccc2)c2ccccc2)cc1. The Labute approximate surface area is 154 Å². The van der Waals surface area contributed by atoms with Gasteiger partial charge >= 0.3 is 0 Å². The lowest BCUT2D eigenvalue weighted by molar-refractivity contribution is -0.107. The zero-order valence-electron chi connectivity index (χ0n) is 14.6. The highest BCUT2D eigenvalue weighted by Crippen LogP contribution is 2.58. The summed E-state index contributed by atoms with van der Waals surface area (Å²) < 4.78 is 19.7. The van der Waals surface area contributed by atoms with Crippen molar-refractivity contribution in [2.45, 2.75) is 12.1 Å². The summed E-state index contributed by atoms with van der Waals surface area (Å²) in [7, 11) is -1.46. The number of benzene rings is 3. The highest BCUT2D eigenvalue weighted by atomic mass is 31.2. The first-order valence-corrected chi connectivity index (χ1v) is 10.3. The Kier molecular flexibility index (Phi) is 5.70. The Hall–Kier alpha value is -2.64. The van der Waals surface area contributed by atoms with Crippen LogP contribution in [0.4, 0.5) is 0 Å². The van der Waals surface area contributed by atoms with E-state index in [0.29, 0.717) is 0 Å². The van der Waals surface area contributed by atoms with Crippen LogP contribution in [0.1, 0.15) is 17.6 Å². The summed E-state index contributed by atoms with van der Waals surface area (Å²) >= 11 is 0. The lowest BCUT2D eigenvalue weighted by Crippen LogP contribution is -2.21. The van der Waals surface area contributed by atoms with Crippen LogP contribution in [0, 0.1) is 0 Å². The quantitative estimate of drug-likeness (QED) is 0.463. The molecule has 26 heavy (non-hydrogen) atoms. The van der Waals surface area contributed by atoms with Crippen LogP contribution in [0.15, 0.2) is 84.9 Å². The minimum absolute atomic E-state index is 0.188. The predicted octanol–water partition coefficient (Wildman–Crippen LogP) is 4.34. The second-order valence-corrected chi connectivity index (χ2v) is 8.99. The van der Waals surface area contributed by atoms with Gasteiger partial charge in [0.25, 0.3) is 0 Å². The van der Waals surface area contributed by atoms with Crippen molar-refractivity contribution in [2.75, 3.05) is 7.11 Å². The van der Waals surface area contributed by atoms with Crippen LogP contribution in [0.25, 0.3) is 0 Å². The molecule has 0 aromatic heterocycles. The third-order valence-corrected chi connectivity index (χ3v) is 8.06. The second kappa shape index (κ2) is 8.16. The van der Waals surface area contributed by atoms with Gasteiger partial charge in [-0.1, -0.05) is 72.8 Å². The Morgan fingerprint density at radius 1 is 0.846 bits per heavy atom. The fourth-order valence-corrected chi connectivity index (χ4v) is 6.44. The van der Waals surface area contributed by atoms with Gasteiger partial charge in [0.1, 0.15) is 12.0 Å². The van der Waals surface area contributed by atoms with E-state index < -0.39 is 12.8 Å². The molecule has 0 unspecified atom stereocenters. The fraction of sp³-hybridized carbons (Fsp3) is 0.136. The van der Waals surface area contributed by atoms with Gasteiger partial charge < -0.3 is 14.1 Å². The van der Waals surface area contributed by atoms with Gasteiger partial charge in [-0.3, -0.25) is 0 Å². The molecule has 0 aliphatic carbocycles. The molecule has 0 aliphatic rings. The number of hydrogen-bond acceptors (Lipinski definition) is 3. The second-order valence-electron chi connectivity index (χ2n) is 6.02. The van der Waals surface area contributed by atoms with Crippen molar-refractivity contribution in [1.82, 2.24) is 0 Å². The predicted molar refractivity (Wildman–Crippen MR) is 106 cm³/mol. The molecule has 3 rings (SSSR count). The van der Waals surface area contributed by atoms with E-state index in [1.54, 1.807) is 7.11 Å². The summed E-state index contributed by atoms with van der Waals surface area (Å²) in [6, 6.07) is 26.4. The molecule has 3 nitrogen and oxygen atoms in total. The number of hydrogen-bond donors (Lipinski definition) is 0. The van der Waals surface area contributed by atoms with E-state index in [0.717, 1.165) is 28.2 Å². The minimum Gasteiger partial charge on any atom is -0.497 e. The molecule has 0 saturated carbocycles.